The van der Waals surface area contributed by atoms with E-state index in [-0.39, 0.29) is 11.3 Å². The molecule has 1 aliphatic rings. The van der Waals surface area contributed by atoms with E-state index in [1.54, 1.807) is 36.4 Å². The lowest BCUT2D eigenvalue weighted by Crippen LogP contribution is -2.32. The van der Waals surface area contributed by atoms with Gasteiger partial charge < -0.3 is 19.2 Å². The Bertz CT molecular complexity index is 1260. The summed E-state index contributed by atoms with van der Waals surface area (Å²) in [5, 5.41) is 11.5. The molecule has 33 heavy (non-hydrogen) atoms. The summed E-state index contributed by atoms with van der Waals surface area (Å²) in [4.78, 5) is 28.1. The number of carbonyl (C=O) groups excluding carboxylic acids is 2. The van der Waals surface area contributed by atoms with E-state index in [4.69, 9.17) is 9.15 Å². The molecular formula is C26H24BrNO5. The van der Waals surface area contributed by atoms with Crippen molar-refractivity contribution in [3.63, 3.8) is 0 Å². The van der Waals surface area contributed by atoms with Crippen molar-refractivity contribution in [3.8, 4) is 5.75 Å². The number of amides is 1. The van der Waals surface area contributed by atoms with Gasteiger partial charge in [0.05, 0.1) is 11.6 Å². The molecule has 0 fully saturated rings. The Kier molecular flexibility index (Phi) is 6.70. The van der Waals surface area contributed by atoms with Gasteiger partial charge in [0.15, 0.2) is 11.5 Å². The van der Waals surface area contributed by atoms with Crippen LogP contribution in [0, 0.1) is 0 Å². The quantitative estimate of drug-likeness (QED) is 0.276. The first-order valence-electron chi connectivity index (χ1n) is 10.8. The second-order valence-corrected chi connectivity index (χ2v) is 8.73. The molecule has 4 rings (SSSR count). The summed E-state index contributed by atoms with van der Waals surface area (Å²) in [5.41, 5.74) is 1.23. The second kappa shape index (κ2) is 9.67. The number of ketones is 1. The first kappa shape index (κ1) is 22.9. The number of fused-ring (bicyclic) bond motifs is 1. The Labute approximate surface area is 200 Å². The average Bonchev–Trinajstić information content (AvgIpc) is 3.34. The highest BCUT2D eigenvalue weighted by atomic mass is 79.9. The Morgan fingerprint density at radius 2 is 2.09 bits per heavy atom. The summed E-state index contributed by atoms with van der Waals surface area (Å²) < 4.78 is 12.3. The van der Waals surface area contributed by atoms with E-state index in [9.17, 15) is 14.7 Å². The van der Waals surface area contributed by atoms with Crippen LogP contribution in [0.25, 0.3) is 11.0 Å². The molecule has 0 radical (unpaired) electrons. The monoisotopic (exact) mass is 509 g/mol. The minimum Gasteiger partial charge on any atom is -0.503 e. The minimum absolute atomic E-state index is 0.00935. The molecule has 3 aromatic rings. The molecule has 2 heterocycles. The maximum absolute atomic E-state index is 13.6. The fourth-order valence-electron chi connectivity index (χ4n) is 3.98. The molecule has 2 aromatic carbocycles. The average molecular weight is 510 g/mol. The van der Waals surface area contributed by atoms with Crippen LogP contribution in [0.2, 0.25) is 0 Å². The third-order valence-corrected chi connectivity index (χ3v) is 6.04. The number of halogens is 1. The van der Waals surface area contributed by atoms with E-state index in [0.717, 1.165) is 22.7 Å². The molecule has 170 valence electrons. The number of aliphatic hydroxyl groups excluding tert-OH is 1. The highest BCUT2D eigenvalue weighted by Crippen LogP contribution is 2.40. The molecular weight excluding hydrogens is 486 g/mol. The number of hydrogen-bond donors (Lipinski definition) is 1. The number of hydrogen-bond acceptors (Lipinski definition) is 5. The number of benzene rings is 2. The van der Waals surface area contributed by atoms with Crippen molar-refractivity contribution >= 4 is 38.6 Å². The van der Waals surface area contributed by atoms with Gasteiger partial charge in [-0.05, 0) is 48.4 Å². The van der Waals surface area contributed by atoms with Crippen LogP contribution in [0.1, 0.15) is 41.9 Å². The third kappa shape index (κ3) is 4.46. The molecule has 0 bridgehead atoms. The summed E-state index contributed by atoms with van der Waals surface area (Å²) in [6, 6.07) is 13.5. The number of furan rings is 1. The van der Waals surface area contributed by atoms with E-state index < -0.39 is 23.5 Å². The molecule has 6 nitrogen and oxygen atoms in total. The van der Waals surface area contributed by atoms with Crippen molar-refractivity contribution in [1.82, 2.24) is 4.90 Å². The van der Waals surface area contributed by atoms with Crippen LogP contribution in [0.4, 0.5) is 0 Å². The maximum atomic E-state index is 13.6. The van der Waals surface area contributed by atoms with Crippen LogP contribution in [0.3, 0.4) is 0 Å². The molecule has 0 spiro atoms. The molecule has 0 saturated heterocycles. The zero-order valence-electron chi connectivity index (χ0n) is 18.2. The fourth-order valence-corrected chi connectivity index (χ4v) is 4.36. The highest BCUT2D eigenvalue weighted by molar-refractivity contribution is 9.10. The van der Waals surface area contributed by atoms with Gasteiger partial charge in [0.1, 0.15) is 17.9 Å². The van der Waals surface area contributed by atoms with Crippen LogP contribution in [-0.2, 0) is 4.79 Å². The molecule has 7 heteroatoms. The number of unbranched alkanes of at least 4 members (excludes halogenated alkanes) is 1. The van der Waals surface area contributed by atoms with Gasteiger partial charge in [-0.15, -0.1) is 0 Å². The Hall–Kier alpha value is -3.32. The molecule has 1 unspecified atom stereocenters. The largest absolute Gasteiger partial charge is 0.503 e. The summed E-state index contributed by atoms with van der Waals surface area (Å²) in [7, 11) is 0. The highest BCUT2D eigenvalue weighted by Gasteiger charge is 2.44. The van der Waals surface area contributed by atoms with Gasteiger partial charge in [0.25, 0.3) is 5.91 Å². The predicted molar refractivity (Wildman–Crippen MR) is 129 cm³/mol. The first-order chi connectivity index (χ1) is 15.9. The number of rotatable bonds is 9. The molecule has 1 atom stereocenters. The van der Waals surface area contributed by atoms with Crippen molar-refractivity contribution in [2.45, 2.75) is 25.8 Å². The van der Waals surface area contributed by atoms with Crippen LogP contribution >= 0.6 is 15.9 Å². The summed E-state index contributed by atoms with van der Waals surface area (Å²) in [6.07, 6.45) is 3.24. The number of carbonyl (C=O) groups is 2. The van der Waals surface area contributed by atoms with Gasteiger partial charge in [0.2, 0.25) is 5.78 Å². The van der Waals surface area contributed by atoms with Crippen LogP contribution in [0.5, 0.6) is 5.75 Å². The Balaban J connectivity index is 1.78. The van der Waals surface area contributed by atoms with E-state index in [2.05, 4.69) is 22.5 Å². The second-order valence-electron chi connectivity index (χ2n) is 7.81. The fraction of sp³-hybridized carbons (Fsp3) is 0.231. The Morgan fingerprint density at radius 3 is 2.85 bits per heavy atom. The lowest BCUT2D eigenvalue weighted by atomic mass is 9.94. The third-order valence-electron chi connectivity index (χ3n) is 5.54. The maximum Gasteiger partial charge on any atom is 0.290 e. The van der Waals surface area contributed by atoms with E-state index >= 15 is 0 Å². The topological polar surface area (TPSA) is 80.0 Å². The number of ether oxygens (including phenoxy) is 1. The summed E-state index contributed by atoms with van der Waals surface area (Å²) >= 11 is 3.41. The lowest BCUT2D eigenvalue weighted by Gasteiger charge is -2.26. The summed E-state index contributed by atoms with van der Waals surface area (Å²) in [6.45, 7) is 6.41. The zero-order chi connectivity index (χ0) is 23.5. The van der Waals surface area contributed by atoms with Crippen molar-refractivity contribution < 1.29 is 23.8 Å². The first-order valence-corrected chi connectivity index (χ1v) is 11.6. The van der Waals surface area contributed by atoms with Crippen molar-refractivity contribution in [2.24, 2.45) is 0 Å². The van der Waals surface area contributed by atoms with Crippen LogP contribution in [0.15, 0.2) is 81.4 Å². The van der Waals surface area contributed by atoms with Gasteiger partial charge in [-0.1, -0.05) is 54.1 Å². The van der Waals surface area contributed by atoms with Crippen LogP contribution in [-0.4, -0.2) is 34.8 Å². The van der Waals surface area contributed by atoms with Gasteiger partial charge in [-0.3, -0.25) is 9.59 Å². The molecule has 1 aromatic heterocycles. The zero-order valence-corrected chi connectivity index (χ0v) is 19.8. The summed E-state index contributed by atoms with van der Waals surface area (Å²) in [5.74, 6) is -0.969. The standard InChI is InChI=1S/C26H24BrNO5/c1-3-5-11-28-23(16-7-6-8-19(14-16)32-12-4-2)22(25(30)26(28)31)24(29)21-15-17-13-18(27)9-10-20(17)33-21/h4,6-10,13-15,23,30H,2-3,5,11-12H2,1H3. The van der Waals surface area contributed by atoms with Crippen molar-refractivity contribution in [1.29, 1.82) is 0 Å². The smallest absolute Gasteiger partial charge is 0.290 e. The van der Waals surface area contributed by atoms with E-state index in [1.807, 2.05) is 25.1 Å². The molecule has 1 aliphatic heterocycles. The molecule has 1 N–H and O–H groups in total. The van der Waals surface area contributed by atoms with Gasteiger partial charge in [-0.25, -0.2) is 0 Å². The normalized spacial score (nSPS) is 16.0. The van der Waals surface area contributed by atoms with E-state index in [0.29, 0.717) is 30.0 Å². The van der Waals surface area contributed by atoms with Crippen molar-refractivity contribution in [3.05, 3.63) is 88.3 Å². The number of Topliss-reactive ketones (excluding diaryl/α,β-unsaturated/α-hetero) is 1. The predicted octanol–water partition coefficient (Wildman–Crippen LogP) is 6.14. The van der Waals surface area contributed by atoms with E-state index in [1.165, 1.54) is 4.90 Å². The van der Waals surface area contributed by atoms with Gasteiger partial charge in [-0.2, -0.15) is 0 Å². The molecule has 0 aliphatic carbocycles. The van der Waals surface area contributed by atoms with Crippen LogP contribution < -0.4 is 4.74 Å². The van der Waals surface area contributed by atoms with Gasteiger partial charge >= 0.3 is 0 Å². The Morgan fingerprint density at radius 1 is 1.27 bits per heavy atom. The van der Waals surface area contributed by atoms with Crippen molar-refractivity contribution in [2.75, 3.05) is 13.2 Å². The molecule has 0 saturated carbocycles. The van der Waals surface area contributed by atoms with Gasteiger partial charge in [0, 0.05) is 16.4 Å². The SMILES string of the molecule is C=CCOc1cccc(C2C(C(=O)c3cc4cc(Br)ccc4o3)=C(O)C(=O)N2CCCC)c1. The number of nitrogens with zero attached hydrogens (tertiary/aromatic N) is 1. The lowest BCUT2D eigenvalue weighted by molar-refractivity contribution is -0.129. The number of aliphatic hydroxyl groups is 1. The molecule has 1 amide bonds. The minimum atomic E-state index is -0.747.